The fourth-order valence-corrected chi connectivity index (χ4v) is 5.55. The molecule has 2 aromatic carbocycles. The molecule has 3 atom stereocenters. The van der Waals surface area contributed by atoms with Crippen LogP contribution in [0.5, 0.6) is 5.75 Å². The molecule has 7 heteroatoms. The highest BCUT2D eigenvalue weighted by Gasteiger charge is 2.65. The van der Waals surface area contributed by atoms with Crippen LogP contribution >= 0.6 is 11.6 Å². The van der Waals surface area contributed by atoms with Gasteiger partial charge in [-0.1, -0.05) is 29.8 Å². The molecule has 2 N–H and O–H groups in total. The standard InChI is InChI=1S/C22H22ClN3O3/c1-29-19-9-8-13(23)11-18(19)24-20(27)16-12-14-5-4-10-26(14)22(16)15-6-2-3-7-17(15)25-21(22)28/h2-3,6-9,11,14,16H,4-5,10,12H2,1H3,(H,24,27)(H,25,28)/t14-,16+,22-/m1/s1. The van der Waals surface area contributed by atoms with Crippen molar-refractivity contribution in [2.45, 2.75) is 30.8 Å². The van der Waals surface area contributed by atoms with Crippen LogP contribution in [0.15, 0.2) is 42.5 Å². The normalized spacial score (nSPS) is 27.6. The monoisotopic (exact) mass is 411 g/mol. The number of methoxy groups -OCH3 is 1. The van der Waals surface area contributed by atoms with Crippen LogP contribution in [0.3, 0.4) is 0 Å². The number of amides is 2. The number of anilines is 2. The second kappa shape index (κ2) is 6.75. The lowest BCUT2D eigenvalue weighted by molar-refractivity contribution is -0.135. The van der Waals surface area contributed by atoms with Gasteiger partial charge < -0.3 is 15.4 Å². The van der Waals surface area contributed by atoms with Gasteiger partial charge >= 0.3 is 0 Å². The van der Waals surface area contributed by atoms with Crippen molar-refractivity contribution in [2.24, 2.45) is 5.92 Å². The predicted molar refractivity (Wildman–Crippen MR) is 111 cm³/mol. The van der Waals surface area contributed by atoms with E-state index in [1.165, 1.54) is 0 Å². The summed E-state index contributed by atoms with van der Waals surface area (Å²) in [6, 6.07) is 13.0. The van der Waals surface area contributed by atoms with Crippen LogP contribution in [-0.2, 0) is 15.1 Å². The van der Waals surface area contributed by atoms with Gasteiger partial charge in [0.1, 0.15) is 11.3 Å². The van der Waals surface area contributed by atoms with Crippen molar-refractivity contribution in [2.75, 3.05) is 24.3 Å². The van der Waals surface area contributed by atoms with Gasteiger partial charge in [-0.05, 0) is 50.1 Å². The third kappa shape index (κ3) is 2.59. The van der Waals surface area contributed by atoms with Gasteiger partial charge in [0, 0.05) is 22.3 Å². The van der Waals surface area contributed by atoms with Gasteiger partial charge in [-0.3, -0.25) is 14.5 Å². The molecule has 2 amide bonds. The smallest absolute Gasteiger partial charge is 0.250 e. The number of para-hydroxylation sites is 1. The van der Waals surface area contributed by atoms with E-state index in [0.29, 0.717) is 22.9 Å². The number of ether oxygens (including phenoxy) is 1. The first-order chi connectivity index (χ1) is 14.1. The number of benzene rings is 2. The maximum absolute atomic E-state index is 13.5. The Morgan fingerprint density at radius 3 is 2.97 bits per heavy atom. The Morgan fingerprint density at radius 2 is 2.14 bits per heavy atom. The molecule has 150 valence electrons. The summed E-state index contributed by atoms with van der Waals surface area (Å²) in [5.41, 5.74) is 1.24. The summed E-state index contributed by atoms with van der Waals surface area (Å²) in [5, 5.41) is 6.50. The first-order valence-electron chi connectivity index (χ1n) is 9.88. The van der Waals surface area contributed by atoms with Crippen molar-refractivity contribution >= 4 is 34.8 Å². The van der Waals surface area contributed by atoms with E-state index in [4.69, 9.17) is 16.3 Å². The zero-order chi connectivity index (χ0) is 20.2. The van der Waals surface area contributed by atoms with E-state index in [2.05, 4.69) is 15.5 Å². The van der Waals surface area contributed by atoms with E-state index >= 15 is 0 Å². The van der Waals surface area contributed by atoms with E-state index in [9.17, 15) is 9.59 Å². The molecular weight excluding hydrogens is 390 g/mol. The molecule has 0 saturated carbocycles. The summed E-state index contributed by atoms with van der Waals surface area (Å²) in [5.74, 6) is -0.264. The largest absolute Gasteiger partial charge is 0.495 e. The van der Waals surface area contributed by atoms with Crippen LogP contribution in [0, 0.1) is 5.92 Å². The molecule has 29 heavy (non-hydrogen) atoms. The van der Waals surface area contributed by atoms with Gasteiger partial charge in [0.05, 0.1) is 18.7 Å². The SMILES string of the molecule is COc1ccc(Cl)cc1NC(=O)[C@@H]1C[C@H]2CCCN2[C@@]12C(=O)Nc1ccccc12. The minimum Gasteiger partial charge on any atom is -0.495 e. The number of nitrogens with zero attached hydrogens (tertiary/aromatic N) is 1. The number of hydrogen-bond donors (Lipinski definition) is 2. The van der Waals surface area contributed by atoms with Crippen LogP contribution < -0.4 is 15.4 Å². The van der Waals surface area contributed by atoms with E-state index in [1.54, 1.807) is 25.3 Å². The topological polar surface area (TPSA) is 70.7 Å². The van der Waals surface area contributed by atoms with Gasteiger partial charge in [-0.25, -0.2) is 0 Å². The molecule has 3 aliphatic heterocycles. The van der Waals surface area contributed by atoms with Crippen LogP contribution in [-0.4, -0.2) is 36.4 Å². The molecule has 0 aliphatic carbocycles. The Kier molecular flexibility index (Phi) is 4.29. The molecule has 0 aromatic heterocycles. The Morgan fingerprint density at radius 1 is 1.31 bits per heavy atom. The van der Waals surface area contributed by atoms with E-state index in [-0.39, 0.29) is 17.9 Å². The molecule has 2 aromatic rings. The highest BCUT2D eigenvalue weighted by molar-refractivity contribution is 6.31. The fraction of sp³-hybridized carbons (Fsp3) is 0.364. The average Bonchev–Trinajstić information content (AvgIpc) is 3.36. The Hall–Kier alpha value is -2.57. The van der Waals surface area contributed by atoms with Crippen molar-refractivity contribution in [3.05, 3.63) is 53.1 Å². The molecule has 2 fully saturated rings. The third-order valence-electron chi connectivity index (χ3n) is 6.51. The Balaban J connectivity index is 1.57. The van der Waals surface area contributed by atoms with E-state index < -0.39 is 11.5 Å². The molecular formula is C22H22ClN3O3. The lowest BCUT2D eigenvalue weighted by Crippen LogP contribution is -2.53. The van der Waals surface area contributed by atoms with Crippen LogP contribution in [0.4, 0.5) is 11.4 Å². The van der Waals surface area contributed by atoms with Gasteiger partial charge in [0.2, 0.25) is 11.8 Å². The number of nitrogens with one attached hydrogen (secondary N) is 2. The molecule has 0 bridgehead atoms. The van der Waals surface area contributed by atoms with Gasteiger partial charge in [0.25, 0.3) is 0 Å². The molecule has 2 saturated heterocycles. The first-order valence-corrected chi connectivity index (χ1v) is 10.3. The lowest BCUT2D eigenvalue weighted by atomic mass is 9.78. The average molecular weight is 412 g/mol. The van der Waals surface area contributed by atoms with Crippen molar-refractivity contribution in [3.8, 4) is 5.75 Å². The van der Waals surface area contributed by atoms with Gasteiger partial charge in [-0.15, -0.1) is 0 Å². The fourth-order valence-electron chi connectivity index (χ4n) is 5.38. The second-order valence-corrected chi connectivity index (χ2v) is 8.31. The van der Waals surface area contributed by atoms with Crippen molar-refractivity contribution in [3.63, 3.8) is 0 Å². The molecule has 1 spiro atoms. The minimum absolute atomic E-state index is 0.110. The highest BCUT2D eigenvalue weighted by atomic mass is 35.5. The van der Waals surface area contributed by atoms with Gasteiger partial charge in [-0.2, -0.15) is 0 Å². The van der Waals surface area contributed by atoms with E-state index in [1.807, 2.05) is 24.3 Å². The molecule has 0 radical (unpaired) electrons. The number of hydrogen-bond acceptors (Lipinski definition) is 4. The maximum atomic E-state index is 13.5. The van der Waals surface area contributed by atoms with Crippen molar-refractivity contribution < 1.29 is 14.3 Å². The number of fused-ring (bicyclic) bond motifs is 4. The molecule has 0 unspecified atom stereocenters. The summed E-state index contributed by atoms with van der Waals surface area (Å²) in [6.45, 7) is 0.816. The molecule has 3 heterocycles. The summed E-state index contributed by atoms with van der Waals surface area (Å²) in [6.07, 6.45) is 2.69. The molecule has 5 rings (SSSR count). The summed E-state index contributed by atoms with van der Waals surface area (Å²) in [7, 11) is 1.55. The molecule has 6 nitrogen and oxygen atoms in total. The minimum atomic E-state index is -0.965. The van der Waals surface area contributed by atoms with Gasteiger partial charge in [0.15, 0.2) is 0 Å². The number of carbonyl (C=O) groups is 2. The predicted octanol–water partition coefficient (Wildman–Crippen LogP) is 3.62. The summed E-state index contributed by atoms with van der Waals surface area (Å²) < 4.78 is 5.37. The third-order valence-corrected chi connectivity index (χ3v) is 6.75. The number of rotatable bonds is 3. The van der Waals surface area contributed by atoms with Crippen LogP contribution in [0.1, 0.15) is 24.8 Å². The van der Waals surface area contributed by atoms with E-state index in [0.717, 1.165) is 30.6 Å². The lowest BCUT2D eigenvalue weighted by Gasteiger charge is -2.36. The van der Waals surface area contributed by atoms with Crippen LogP contribution in [0.2, 0.25) is 5.02 Å². The zero-order valence-corrected chi connectivity index (χ0v) is 16.8. The highest BCUT2D eigenvalue weighted by Crippen LogP contribution is 2.55. The number of halogens is 1. The molecule has 3 aliphatic rings. The zero-order valence-electron chi connectivity index (χ0n) is 16.1. The van der Waals surface area contributed by atoms with Crippen molar-refractivity contribution in [1.82, 2.24) is 4.90 Å². The van der Waals surface area contributed by atoms with Crippen molar-refractivity contribution in [1.29, 1.82) is 0 Å². The summed E-state index contributed by atoms with van der Waals surface area (Å²) >= 11 is 6.13. The maximum Gasteiger partial charge on any atom is 0.250 e. The quantitative estimate of drug-likeness (QED) is 0.809. The number of carbonyl (C=O) groups excluding carboxylic acids is 2. The first kappa shape index (κ1) is 18.5. The second-order valence-electron chi connectivity index (χ2n) is 7.88. The summed E-state index contributed by atoms with van der Waals surface area (Å²) in [4.78, 5) is 29.1. The van der Waals surface area contributed by atoms with Crippen LogP contribution in [0.25, 0.3) is 0 Å². The Bertz CT molecular complexity index is 1010. The Labute approximate surface area is 174 Å².